The highest BCUT2D eigenvalue weighted by molar-refractivity contribution is 7.88. The maximum Gasteiger partial charge on any atom is 0.223 e. The smallest absolute Gasteiger partial charge is 0.223 e. The molecule has 1 heterocycles. The molecule has 1 aliphatic heterocycles. The van der Waals surface area contributed by atoms with Crippen LogP contribution in [0.2, 0.25) is 0 Å². The molecule has 1 N–H and O–H groups in total. The van der Waals surface area contributed by atoms with Gasteiger partial charge >= 0.3 is 0 Å². The minimum Gasteiger partial charge on any atom is -0.491 e. The summed E-state index contributed by atoms with van der Waals surface area (Å²) in [6.45, 7) is 3.58. The highest BCUT2D eigenvalue weighted by Gasteiger charge is 2.31. The van der Waals surface area contributed by atoms with Gasteiger partial charge in [-0.25, -0.2) is 12.7 Å². The molecule has 0 radical (unpaired) electrons. The number of hydrogen-bond donors (Lipinski definition) is 1. The monoisotopic (exact) mass is 416 g/mol. The van der Waals surface area contributed by atoms with Gasteiger partial charge in [-0.3, -0.25) is 4.79 Å². The van der Waals surface area contributed by atoms with Crippen molar-refractivity contribution in [3.05, 3.63) is 65.7 Å². The van der Waals surface area contributed by atoms with Gasteiger partial charge in [0.25, 0.3) is 0 Å². The topological polar surface area (TPSA) is 75.7 Å². The van der Waals surface area contributed by atoms with Gasteiger partial charge in [-0.2, -0.15) is 0 Å². The SMILES string of the molecule is Cc1ccccc1OCCNC(=O)C1CCN(S(=O)(=O)Cc2ccccc2)CC1. The maximum atomic E-state index is 12.6. The number of benzene rings is 2. The number of nitrogens with zero attached hydrogens (tertiary/aromatic N) is 1. The lowest BCUT2D eigenvalue weighted by Crippen LogP contribution is -2.43. The zero-order chi connectivity index (χ0) is 20.7. The molecular formula is C22H28N2O4S. The molecule has 6 nitrogen and oxygen atoms in total. The van der Waals surface area contributed by atoms with Crippen molar-refractivity contribution < 1.29 is 17.9 Å². The second-order valence-corrected chi connectivity index (χ2v) is 9.29. The number of para-hydroxylation sites is 1. The summed E-state index contributed by atoms with van der Waals surface area (Å²) in [6.07, 6.45) is 1.08. The Hall–Kier alpha value is -2.38. The van der Waals surface area contributed by atoms with E-state index in [-0.39, 0.29) is 17.6 Å². The maximum absolute atomic E-state index is 12.6. The number of sulfonamides is 1. The van der Waals surface area contributed by atoms with Crippen molar-refractivity contribution in [2.45, 2.75) is 25.5 Å². The molecule has 0 spiro atoms. The van der Waals surface area contributed by atoms with Crippen molar-refractivity contribution in [3.8, 4) is 5.75 Å². The molecule has 0 unspecified atom stereocenters. The Morgan fingerprint density at radius 2 is 1.72 bits per heavy atom. The van der Waals surface area contributed by atoms with Gasteiger partial charge in [0.05, 0.1) is 12.3 Å². The molecule has 0 aromatic heterocycles. The molecule has 0 aliphatic carbocycles. The van der Waals surface area contributed by atoms with Crippen molar-refractivity contribution in [1.29, 1.82) is 0 Å². The van der Waals surface area contributed by atoms with Crippen LogP contribution in [0.4, 0.5) is 0 Å². The summed E-state index contributed by atoms with van der Waals surface area (Å²) in [5, 5.41) is 2.90. The molecular weight excluding hydrogens is 388 g/mol. The summed E-state index contributed by atoms with van der Waals surface area (Å²) in [7, 11) is -3.36. The summed E-state index contributed by atoms with van der Waals surface area (Å²) in [6, 6.07) is 16.9. The number of aryl methyl sites for hydroxylation is 1. The number of ether oxygens (including phenoxy) is 1. The Morgan fingerprint density at radius 1 is 1.07 bits per heavy atom. The fourth-order valence-electron chi connectivity index (χ4n) is 3.47. The zero-order valence-corrected chi connectivity index (χ0v) is 17.5. The molecule has 1 amide bonds. The Kier molecular flexibility index (Phi) is 7.28. The summed E-state index contributed by atoms with van der Waals surface area (Å²) in [4.78, 5) is 12.4. The van der Waals surface area contributed by atoms with Crippen LogP contribution >= 0.6 is 0 Å². The predicted octanol–water partition coefficient (Wildman–Crippen LogP) is 2.73. The van der Waals surface area contributed by atoms with E-state index in [0.717, 1.165) is 16.9 Å². The molecule has 1 aliphatic rings. The van der Waals surface area contributed by atoms with Crippen molar-refractivity contribution in [3.63, 3.8) is 0 Å². The van der Waals surface area contributed by atoms with Gasteiger partial charge in [0, 0.05) is 19.0 Å². The Bertz CT molecular complexity index is 907. The number of carbonyl (C=O) groups excluding carboxylic acids is 1. The molecule has 0 saturated carbocycles. The molecule has 7 heteroatoms. The van der Waals surface area contributed by atoms with Crippen LogP contribution in [0.5, 0.6) is 5.75 Å². The van der Waals surface area contributed by atoms with Crippen molar-refractivity contribution in [2.24, 2.45) is 5.92 Å². The molecule has 0 atom stereocenters. The molecule has 1 fully saturated rings. The highest BCUT2D eigenvalue weighted by atomic mass is 32.2. The van der Waals surface area contributed by atoms with Crippen LogP contribution in [0.15, 0.2) is 54.6 Å². The number of rotatable bonds is 8. The normalized spacial score (nSPS) is 15.8. The largest absolute Gasteiger partial charge is 0.491 e. The van der Waals surface area contributed by atoms with Crippen LogP contribution in [-0.4, -0.2) is 44.9 Å². The van der Waals surface area contributed by atoms with Gasteiger partial charge < -0.3 is 10.1 Å². The van der Waals surface area contributed by atoms with E-state index in [4.69, 9.17) is 4.74 Å². The van der Waals surface area contributed by atoms with Gasteiger partial charge in [0.15, 0.2) is 0 Å². The van der Waals surface area contributed by atoms with Crippen LogP contribution in [0.1, 0.15) is 24.0 Å². The van der Waals surface area contributed by atoms with Gasteiger partial charge in [0.1, 0.15) is 12.4 Å². The number of carbonyl (C=O) groups is 1. The lowest BCUT2D eigenvalue weighted by atomic mass is 9.97. The molecule has 156 valence electrons. The summed E-state index contributed by atoms with van der Waals surface area (Å²) in [5.41, 5.74) is 1.84. The molecule has 0 bridgehead atoms. The van der Waals surface area contributed by atoms with E-state index in [0.29, 0.717) is 39.1 Å². The first-order valence-electron chi connectivity index (χ1n) is 9.93. The quantitative estimate of drug-likeness (QED) is 0.672. The van der Waals surface area contributed by atoms with Crippen molar-refractivity contribution >= 4 is 15.9 Å². The molecule has 29 heavy (non-hydrogen) atoms. The van der Waals surface area contributed by atoms with E-state index in [2.05, 4.69) is 5.32 Å². The Balaban J connectivity index is 1.40. The van der Waals surface area contributed by atoms with E-state index in [1.165, 1.54) is 4.31 Å². The number of piperidine rings is 1. The first-order valence-corrected chi connectivity index (χ1v) is 11.5. The minimum absolute atomic E-state index is 0.000937. The van der Waals surface area contributed by atoms with E-state index < -0.39 is 10.0 Å². The number of hydrogen-bond acceptors (Lipinski definition) is 4. The van der Waals surface area contributed by atoms with E-state index in [1.807, 2.05) is 61.5 Å². The minimum atomic E-state index is -3.36. The van der Waals surface area contributed by atoms with Crippen molar-refractivity contribution in [2.75, 3.05) is 26.2 Å². The average molecular weight is 417 g/mol. The third-order valence-corrected chi connectivity index (χ3v) is 7.01. The van der Waals surface area contributed by atoms with E-state index in [1.54, 1.807) is 0 Å². The Morgan fingerprint density at radius 3 is 2.41 bits per heavy atom. The second-order valence-electron chi connectivity index (χ2n) is 7.32. The molecule has 2 aromatic carbocycles. The lowest BCUT2D eigenvalue weighted by Gasteiger charge is -2.30. The van der Waals surface area contributed by atoms with Gasteiger partial charge in [-0.05, 0) is 37.0 Å². The highest BCUT2D eigenvalue weighted by Crippen LogP contribution is 2.22. The third kappa shape index (κ3) is 6.05. The van der Waals surface area contributed by atoms with E-state index in [9.17, 15) is 13.2 Å². The van der Waals surface area contributed by atoms with Crippen LogP contribution in [0.3, 0.4) is 0 Å². The first kappa shape index (κ1) is 21.3. The second kappa shape index (κ2) is 9.89. The number of nitrogens with one attached hydrogen (secondary N) is 1. The third-order valence-electron chi connectivity index (χ3n) is 5.16. The fraction of sp³-hybridized carbons (Fsp3) is 0.409. The summed E-state index contributed by atoms with van der Waals surface area (Å²) >= 11 is 0. The van der Waals surface area contributed by atoms with Crippen LogP contribution in [-0.2, 0) is 20.6 Å². The van der Waals surface area contributed by atoms with Crippen LogP contribution in [0.25, 0.3) is 0 Å². The Labute approximate surface area is 172 Å². The van der Waals surface area contributed by atoms with Crippen LogP contribution < -0.4 is 10.1 Å². The van der Waals surface area contributed by atoms with Gasteiger partial charge in [-0.15, -0.1) is 0 Å². The average Bonchev–Trinajstić information content (AvgIpc) is 2.73. The first-order chi connectivity index (χ1) is 14.0. The van der Waals surface area contributed by atoms with Crippen molar-refractivity contribution in [1.82, 2.24) is 9.62 Å². The molecule has 2 aromatic rings. The van der Waals surface area contributed by atoms with Gasteiger partial charge in [0.2, 0.25) is 15.9 Å². The van der Waals surface area contributed by atoms with E-state index >= 15 is 0 Å². The predicted molar refractivity (Wildman–Crippen MR) is 113 cm³/mol. The molecule has 3 rings (SSSR count). The zero-order valence-electron chi connectivity index (χ0n) is 16.7. The fourth-order valence-corrected chi connectivity index (χ4v) is 5.03. The molecule has 1 saturated heterocycles. The summed E-state index contributed by atoms with van der Waals surface area (Å²) in [5.74, 6) is 0.634. The van der Waals surface area contributed by atoms with Gasteiger partial charge in [-0.1, -0.05) is 48.5 Å². The standard InChI is InChI=1S/C22H28N2O4S/c1-18-7-5-6-10-21(18)28-16-13-23-22(25)20-11-14-24(15-12-20)29(26,27)17-19-8-3-2-4-9-19/h2-10,20H,11-17H2,1H3,(H,23,25). The summed E-state index contributed by atoms with van der Waals surface area (Å²) < 4.78 is 32.4. The lowest BCUT2D eigenvalue weighted by molar-refractivity contribution is -0.126. The number of amides is 1. The van der Waals surface area contributed by atoms with Crippen LogP contribution in [0, 0.1) is 12.8 Å².